The van der Waals surface area contributed by atoms with Crippen LogP contribution in [0.5, 0.6) is 17.2 Å². The summed E-state index contributed by atoms with van der Waals surface area (Å²) < 4.78 is 19.9. The molecule has 3 aromatic carbocycles. The summed E-state index contributed by atoms with van der Waals surface area (Å²) in [7, 11) is 4.88. The fraction of sp³-hybridized carbons (Fsp3) is 0.172. The third kappa shape index (κ3) is 4.22. The number of fused-ring (bicyclic) bond motifs is 1. The molecule has 182 valence electrons. The van der Waals surface area contributed by atoms with Crippen molar-refractivity contribution in [1.82, 2.24) is 9.78 Å². The first-order chi connectivity index (χ1) is 17.5. The van der Waals surface area contributed by atoms with Crippen LogP contribution < -0.4 is 19.8 Å². The number of methoxy groups -OCH3 is 2. The van der Waals surface area contributed by atoms with Crippen molar-refractivity contribution in [3.63, 3.8) is 0 Å². The molecule has 2 heterocycles. The smallest absolute Gasteiger partial charge is 0.278 e. The van der Waals surface area contributed by atoms with Crippen molar-refractivity contribution in [3.8, 4) is 38.8 Å². The number of aryl methyl sites for hydroxylation is 2. The van der Waals surface area contributed by atoms with Crippen LogP contribution >= 0.6 is 11.3 Å². The lowest BCUT2D eigenvalue weighted by Crippen LogP contribution is -2.23. The lowest BCUT2D eigenvalue weighted by atomic mass is 9.98. The Hall–Kier alpha value is -4.10. The van der Waals surface area contributed by atoms with Crippen LogP contribution in [0.3, 0.4) is 0 Å². The van der Waals surface area contributed by atoms with Crippen LogP contribution in [0.2, 0.25) is 0 Å². The molecule has 5 aromatic rings. The highest BCUT2D eigenvalue weighted by Gasteiger charge is 2.26. The van der Waals surface area contributed by atoms with Gasteiger partial charge in [0.25, 0.3) is 5.56 Å². The maximum absolute atomic E-state index is 13.5. The highest BCUT2D eigenvalue weighted by Crippen LogP contribution is 2.49. The molecule has 6 nitrogen and oxygen atoms in total. The fourth-order valence-electron chi connectivity index (χ4n) is 4.40. The van der Waals surface area contributed by atoms with E-state index in [1.807, 2.05) is 79.7 Å². The summed E-state index contributed by atoms with van der Waals surface area (Å²) in [6.45, 7) is 2.32. The van der Waals surface area contributed by atoms with Gasteiger partial charge >= 0.3 is 0 Å². The number of para-hydroxylation sites is 1. The molecule has 2 aromatic heterocycles. The Kier molecular flexibility index (Phi) is 6.48. The van der Waals surface area contributed by atoms with Gasteiger partial charge in [0, 0.05) is 33.1 Å². The van der Waals surface area contributed by atoms with Crippen LogP contribution in [0.25, 0.3) is 31.7 Å². The lowest BCUT2D eigenvalue weighted by molar-refractivity contribution is 0.306. The van der Waals surface area contributed by atoms with E-state index in [4.69, 9.17) is 14.2 Å². The second-order valence-corrected chi connectivity index (χ2v) is 9.41. The van der Waals surface area contributed by atoms with Crippen molar-refractivity contribution in [2.75, 3.05) is 14.2 Å². The van der Waals surface area contributed by atoms with Crippen molar-refractivity contribution < 1.29 is 14.2 Å². The van der Waals surface area contributed by atoms with Gasteiger partial charge in [0.15, 0.2) is 5.75 Å². The van der Waals surface area contributed by atoms with Gasteiger partial charge in [-0.1, -0.05) is 42.5 Å². The molecule has 0 bridgehead atoms. The molecule has 0 aliphatic heterocycles. The molecule has 36 heavy (non-hydrogen) atoms. The molecule has 0 saturated heterocycles. The van der Waals surface area contributed by atoms with Gasteiger partial charge in [-0.05, 0) is 42.8 Å². The Morgan fingerprint density at radius 3 is 2.42 bits per heavy atom. The molecule has 7 heteroatoms. The molecule has 0 radical (unpaired) electrons. The first-order valence-corrected chi connectivity index (χ1v) is 12.3. The molecule has 0 atom stereocenters. The molecule has 0 unspecified atom stereocenters. The standard InChI is InChI=1S/C29H26N2O4S/c1-18-27(34-4)26(29(32)31(2)30-18)25-22-15-14-20(35-17-19-10-6-5-7-11-19)16-24(22)36-28(25)21-12-8-9-13-23(21)33-3/h5-16H,17H2,1-4H3. The van der Waals surface area contributed by atoms with E-state index in [0.29, 0.717) is 23.6 Å². The van der Waals surface area contributed by atoms with E-state index in [0.717, 1.165) is 43.2 Å². The summed E-state index contributed by atoms with van der Waals surface area (Å²) in [5, 5.41) is 5.27. The average Bonchev–Trinajstić information content (AvgIpc) is 3.28. The van der Waals surface area contributed by atoms with Crippen LogP contribution in [0, 0.1) is 6.92 Å². The molecule has 0 amide bonds. The maximum Gasteiger partial charge on any atom is 0.278 e. The highest BCUT2D eigenvalue weighted by atomic mass is 32.1. The van der Waals surface area contributed by atoms with E-state index in [9.17, 15) is 4.79 Å². The van der Waals surface area contributed by atoms with E-state index in [2.05, 4.69) is 5.10 Å². The van der Waals surface area contributed by atoms with Crippen molar-refractivity contribution in [3.05, 3.63) is 94.4 Å². The van der Waals surface area contributed by atoms with Crippen LogP contribution in [-0.2, 0) is 13.7 Å². The zero-order chi connectivity index (χ0) is 25.2. The van der Waals surface area contributed by atoms with Crippen LogP contribution in [-0.4, -0.2) is 24.0 Å². The molecule has 0 N–H and O–H groups in total. The van der Waals surface area contributed by atoms with E-state index in [1.54, 1.807) is 32.6 Å². The Morgan fingerprint density at radius 1 is 0.917 bits per heavy atom. The van der Waals surface area contributed by atoms with Gasteiger partial charge in [-0.2, -0.15) is 5.10 Å². The quantitative estimate of drug-likeness (QED) is 0.266. The summed E-state index contributed by atoms with van der Waals surface area (Å²) in [4.78, 5) is 14.4. The molecule has 0 spiro atoms. The minimum absolute atomic E-state index is 0.224. The number of hydrogen-bond acceptors (Lipinski definition) is 6. The second kappa shape index (κ2) is 9.87. The SMILES string of the molecule is COc1ccccc1-c1sc2cc(OCc3ccccc3)ccc2c1-c1c(OC)c(C)nn(C)c1=O. The molecular formula is C29H26N2O4S. The Labute approximate surface area is 213 Å². The van der Waals surface area contributed by atoms with Gasteiger partial charge < -0.3 is 14.2 Å². The topological polar surface area (TPSA) is 62.6 Å². The zero-order valence-corrected chi connectivity index (χ0v) is 21.4. The molecule has 0 aliphatic rings. The first kappa shape index (κ1) is 23.6. The number of thiophene rings is 1. The van der Waals surface area contributed by atoms with E-state index in [-0.39, 0.29) is 5.56 Å². The lowest BCUT2D eigenvalue weighted by Gasteiger charge is -2.14. The normalized spacial score (nSPS) is 11.0. The monoisotopic (exact) mass is 498 g/mol. The fourth-order valence-corrected chi connectivity index (χ4v) is 5.67. The van der Waals surface area contributed by atoms with Gasteiger partial charge in [-0.3, -0.25) is 4.79 Å². The highest BCUT2D eigenvalue weighted by molar-refractivity contribution is 7.23. The number of aromatic nitrogens is 2. The van der Waals surface area contributed by atoms with Crippen molar-refractivity contribution in [1.29, 1.82) is 0 Å². The average molecular weight is 499 g/mol. The minimum Gasteiger partial charge on any atom is -0.496 e. The van der Waals surface area contributed by atoms with Gasteiger partial charge in [0.05, 0.1) is 19.8 Å². The minimum atomic E-state index is -0.224. The first-order valence-electron chi connectivity index (χ1n) is 11.5. The van der Waals surface area contributed by atoms with E-state index >= 15 is 0 Å². The van der Waals surface area contributed by atoms with Crippen molar-refractivity contribution in [2.24, 2.45) is 7.05 Å². The third-order valence-corrected chi connectivity index (χ3v) is 7.26. The number of nitrogens with zero attached hydrogens (tertiary/aromatic N) is 2. The van der Waals surface area contributed by atoms with Crippen LogP contribution in [0.15, 0.2) is 77.6 Å². The number of benzene rings is 3. The largest absolute Gasteiger partial charge is 0.496 e. The van der Waals surface area contributed by atoms with Crippen LogP contribution in [0.4, 0.5) is 0 Å². The predicted octanol–water partition coefficient (Wildman–Crippen LogP) is 6.23. The molecule has 0 saturated carbocycles. The Balaban J connectivity index is 1.74. The maximum atomic E-state index is 13.5. The van der Waals surface area contributed by atoms with Crippen LogP contribution in [0.1, 0.15) is 11.3 Å². The predicted molar refractivity (Wildman–Crippen MR) is 144 cm³/mol. The summed E-state index contributed by atoms with van der Waals surface area (Å²) >= 11 is 1.59. The summed E-state index contributed by atoms with van der Waals surface area (Å²) in [6.07, 6.45) is 0. The summed E-state index contributed by atoms with van der Waals surface area (Å²) in [5.74, 6) is 1.96. The third-order valence-electron chi connectivity index (χ3n) is 6.08. The summed E-state index contributed by atoms with van der Waals surface area (Å²) in [6, 6.07) is 23.9. The van der Waals surface area contributed by atoms with E-state index < -0.39 is 0 Å². The molecule has 5 rings (SSSR count). The number of rotatable bonds is 7. The van der Waals surface area contributed by atoms with Gasteiger partial charge in [0.2, 0.25) is 0 Å². The van der Waals surface area contributed by atoms with Crippen molar-refractivity contribution in [2.45, 2.75) is 13.5 Å². The zero-order valence-electron chi connectivity index (χ0n) is 20.6. The molecule has 0 aliphatic carbocycles. The molecule has 0 fully saturated rings. The van der Waals surface area contributed by atoms with Gasteiger partial charge in [0.1, 0.15) is 23.8 Å². The number of ether oxygens (including phenoxy) is 3. The van der Waals surface area contributed by atoms with Gasteiger partial charge in [-0.25, -0.2) is 4.68 Å². The van der Waals surface area contributed by atoms with E-state index in [1.165, 1.54) is 4.68 Å². The Bertz CT molecular complexity index is 1610. The van der Waals surface area contributed by atoms with Crippen molar-refractivity contribution >= 4 is 21.4 Å². The van der Waals surface area contributed by atoms with Gasteiger partial charge in [-0.15, -0.1) is 11.3 Å². The summed E-state index contributed by atoms with van der Waals surface area (Å²) in [5.41, 5.74) is 3.70. The number of hydrogen-bond donors (Lipinski definition) is 0. The Morgan fingerprint density at radius 2 is 1.67 bits per heavy atom. The molecular weight excluding hydrogens is 472 g/mol. The second-order valence-electron chi connectivity index (χ2n) is 8.36.